The lowest BCUT2D eigenvalue weighted by Gasteiger charge is -2.27. The number of halogens is 1. The number of pyridine rings is 2. The third kappa shape index (κ3) is 2.74. The van der Waals surface area contributed by atoms with Crippen LogP contribution in [0.5, 0.6) is 0 Å². The predicted octanol–water partition coefficient (Wildman–Crippen LogP) is 2.03. The van der Waals surface area contributed by atoms with Crippen LogP contribution in [-0.2, 0) is 13.0 Å². The minimum Gasteiger partial charge on any atom is -0.313 e. The summed E-state index contributed by atoms with van der Waals surface area (Å²) in [7, 11) is 1.94. The van der Waals surface area contributed by atoms with E-state index in [2.05, 4.69) is 10.3 Å². The van der Waals surface area contributed by atoms with Crippen molar-refractivity contribution >= 4 is 0 Å². The minimum absolute atomic E-state index is 0.0465. The van der Waals surface area contributed by atoms with Crippen molar-refractivity contribution in [2.45, 2.75) is 31.8 Å². The third-order valence-corrected chi connectivity index (χ3v) is 4.06. The zero-order valence-corrected chi connectivity index (χ0v) is 12.0. The summed E-state index contributed by atoms with van der Waals surface area (Å²) in [6, 6.07) is 5.22. The zero-order valence-electron chi connectivity index (χ0n) is 12.0. The predicted molar refractivity (Wildman–Crippen MR) is 78.7 cm³/mol. The molecule has 2 aromatic heterocycles. The van der Waals surface area contributed by atoms with Gasteiger partial charge in [0.25, 0.3) is 5.56 Å². The smallest absolute Gasteiger partial charge is 0.251 e. The van der Waals surface area contributed by atoms with Crippen LogP contribution in [0, 0.1) is 5.82 Å². The van der Waals surface area contributed by atoms with Gasteiger partial charge in [-0.25, -0.2) is 4.39 Å². The van der Waals surface area contributed by atoms with Crippen LogP contribution in [0.15, 0.2) is 35.4 Å². The largest absolute Gasteiger partial charge is 0.313 e. The quantitative estimate of drug-likeness (QED) is 0.939. The molecule has 0 saturated heterocycles. The van der Waals surface area contributed by atoms with E-state index in [9.17, 15) is 9.18 Å². The van der Waals surface area contributed by atoms with E-state index in [0.29, 0.717) is 12.1 Å². The van der Waals surface area contributed by atoms with Crippen LogP contribution >= 0.6 is 0 Å². The van der Waals surface area contributed by atoms with Crippen molar-refractivity contribution < 1.29 is 4.39 Å². The maximum Gasteiger partial charge on any atom is 0.251 e. The van der Waals surface area contributed by atoms with Crippen molar-refractivity contribution in [3.63, 3.8) is 0 Å². The number of hydrogen-bond acceptors (Lipinski definition) is 3. The summed E-state index contributed by atoms with van der Waals surface area (Å²) >= 11 is 0. The van der Waals surface area contributed by atoms with Crippen LogP contribution in [-0.4, -0.2) is 16.6 Å². The van der Waals surface area contributed by atoms with Crippen molar-refractivity contribution in [2.24, 2.45) is 0 Å². The van der Waals surface area contributed by atoms with E-state index >= 15 is 0 Å². The number of hydrogen-bond donors (Lipinski definition) is 1. The molecule has 2 aromatic rings. The molecule has 0 bridgehead atoms. The van der Waals surface area contributed by atoms with Gasteiger partial charge in [0, 0.05) is 24.0 Å². The van der Waals surface area contributed by atoms with Crippen molar-refractivity contribution in [1.82, 2.24) is 14.9 Å². The van der Waals surface area contributed by atoms with Gasteiger partial charge in [-0.15, -0.1) is 0 Å². The standard InChI is InChI=1S/C16H18FN3O/c1-18-14-3-2-4-15-13(14)5-6-16(21)20(15)10-11-7-12(17)9-19-8-11/h5-9,14,18H,2-4,10H2,1H3. The summed E-state index contributed by atoms with van der Waals surface area (Å²) in [5.74, 6) is -0.376. The Bertz CT molecular complexity index is 711. The highest BCUT2D eigenvalue weighted by Gasteiger charge is 2.21. The van der Waals surface area contributed by atoms with Crippen LogP contribution in [0.3, 0.4) is 0 Å². The Morgan fingerprint density at radius 2 is 2.29 bits per heavy atom. The molecular formula is C16H18FN3O. The third-order valence-electron chi connectivity index (χ3n) is 4.06. The van der Waals surface area contributed by atoms with Gasteiger partial charge in [0.2, 0.25) is 0 Å². The zero-order chi connectivity index (χ0) is 14.8. The fourth-order valence-corrected chi connectivity index (χ4v) is 3.06. The molecule has 0 fully saturated rings. The molecule has 4 nitrogen and oxygen atoms in total. The molecular weight excluding hydrogens is 269 g/mol. The maximum atomic E-state index is 13.3. The Morgan fingerprint density at radius 3 is 3.05 bits per heavy atom. The lowest BCUT2D eigenvalue weighted by molar-refractivity contribution is 0.473. The second-order valence-electron chi connectivity index (χ2n) is 5.40. The Labute approximate surface area is 122 Å². The van der Waals surface area contributed by atoms with E-state index in [4.69, 9.17) is 0 Å². The summed E-state index contributed by atoms with van der Waals surface area (Å²) in [6.07, 6.45) is 5.77. The average Bonchev–Trinajstić information content (AvgIpc) is 2.49. The van der Waals surface area contributed by atoms with E-state index in [1.165, 1.54) is 17.8 Å². The van der Waals surface area contributed by atoms with E-state index in [-0.39, 0.29) is 17.4 Å². The lowest BCUT2D eigenvalue weighted by atomic mass is 9.91. The molecule has 110 valence electrons. The van der Waals surface area contributed by atoms with Gasteiger partial charge in [0.15, 0.2) is 0 Å². The fraction of sp³-hybridized carbons (Fsp3) is 0.375. The lowest BCUT2D eigenvalue weighted by Crippen LogP contribution is -2.30. The molecule has 1 atom stereocenters. The molecule has 3 rings (SSSR count). The molecule has 0 aliphatic heterocycles. The molecule has 2 heterocycles. The van der Waals surface area contributed by atoms with E-state index in [1.54, 1.807) is 16.8 Å². The first-order valence-electron chi connectivity index (χ1n) is 7.18. The summed E-state index contributed by atoms with van der Waals surface area (Å²) in [5.41, 5.74) is 2.89. The van der Waals surface area contributed by atoms with Gasteiger partial charge in [-0.3, -0.25) is 9.78 Å². The second-order valence-corrected chi connectivity index (χ2v) is 5.40. The van der Waals surface area contributed by atoms with Crippen LogP contribution in [0.25, 0.3) is 0 Å². The second kappa shape index (κ2) is 5.77. The molecule has 0 saturated carbocycles. The monoisotopic (exact) mass is 287 g/mol. The molecule has 0 radical (unpaired) electrons. The molecule has 5 heteroatoms. The first kappa shape index (κ1) is 13.9. The Morgan fingerprint density at radius 1 is 1.43 bits per heavy atom. The van der Waals surface area contributed by atoms with Crippen LogP contribution < -0.4 is 10.9 Å². The van der Waals surface area contributed by atoms with Crippen LogP contribution in [0.2, 0.25) is 0 Å². The molecule has 1 aliphatic rings. The van der Waals surface area contributed by atoms with Crippen molar-refractivity contribution in [3.05, 3.63) is 63.6 Å². The summed E-state index contributed by atoms with van der Waals surface area (Å²) in [5, 5.41) is 3.29. The van der Waals surface area contributed by atoms with Crippen molar-refractivity contribution in [2.75, 3.05) is 7.05 Å². The van der Waals surface area contributed by atoms with Gasteiger partial charge in [-0.05, 0) is 43.5 Å². The number of nitrogens with one attached hydrogen (secondary N) is 1. The fourth-order valence-electron chi connectivity index (χ4n) is 3.06. The number of nitrogens with zero attached hydrogens (tertiary/aromatic N) is 2. The Balaban J connectivity index is 2.04. The van der Waals surface area contributed by atoms with Crippen molar-refractivity contribution in [3.8, 4) is 0 Å². The first-order valence-corrected chi connectivity index (χ1v) is 7.18. The number of fused-ring (bicyclic) bond motifs is 1. The molecule has 1 unspecified atom stereocenters. The molecule has 1 aliphatic carbocycles. The van der Waals surface area contributed by atoms with Crippen molar-refractivity contribution in [1.29, 1.82) is 0 Å². The maximum absolute atomic E-state index is 13.3. The Hall–Kier alpha value is -2.01. The highest BCUT2D eigenvalue weighted by atomic mass is 19.1. The number of aromatic nitrogens is 2. The topological polar surface area (TPSA) is 46.9 Å². The normalized spacial score (nSPS) is 17.5. The summed E-state index contributed by atoms with van der Waals surface area (Å²) in [6.45, 7) is 0.364. The molecule has 1 N–H and O–H groups in total. The van der Waals surface area contributed by atoms with Gasteiger partial charge in [0.1, 0.15) is 5.82 Å². The molecule has 0 amide bonds. The molecule has 0 aromatic carbocycles. The van der Waals surface area contributed by atoms with E-state index in [0.717, 1.165) is 25.0 Å². The van der Waals surface area contributed by atoms with E-state index < -0.39 is 0 Å². The number of rotatable bonds is 3. The molecule has 21 heavy (non-hydrogen) atoms. The van der Waals surface area contributed by atoms with Gasteiger partial charge in [-0.2, -0.15) is 0 Å². The minimum atomic E-state index is -0.376. The van der Waals surface area contributed by atoms with Gasteiger partial charge in [0.05, 0.1) is 12.7 Å². The Kier molecular flexibility index (Phi) is 3.84. The highest BCUT2D eigenvalue weighted by molar-refractivity contribution is 5.28. The van der Waals surface area contributed by atoms with Gasteiger partial charge < -0.3 is 9.88 Å². The van der Waals surface area contributed by atoms with Gasteiger partial charge in [-0.1, -0.05) is 6.07 Å². The summed E-state index contributed by atoms with van der Waals surface area (Å²) in [4.78, 5) is 16.1. The first-order chi connectivity index (χ1) is 10.2. The van der Waals surface area contributed by atoms with E-state index in [1.807, 2.05) is 13.1 Å². The van der Waals surface area contributed by atoms with Gasteiger partial charge >= 0.3 is 0 Å². The van der Waals surface area contributed by atoms with Crippen LogP contribution in [0.4, 0.5) is 4.39 Å². The molecule has 0 spiro atoms. The SMILES string of the molecule is CNC1CCCc2c1ccc(=O)n2Cc1cncc(F)c1. The summed E-state index contributed by atoms with van der Waals surface area (Å²) < 4.78 is 15.0. The average molecular weight is 287 g/mol. The van der Waals surface area contributed by atoms with Crippen LogP contribution in [0.1, 0.15) is 35.7 Å². The highest BCUT2D eigenvalue weighted by Crippen LogP contribution is 2.28.